The van der Waals surface area contributed by atoms with Crippen molar-refractivity contribution >= 4 is 29.0 Å². The van der Waals surface area contributed by atoms with Gasteiger partial charge in [0.15, 0.2) is 0 Å². The molecule has 5 N–H and O–H groups in total. The fraction of sp³-hybridized carbons (Fsp3) is 0.385. The average Bonchev–Trinajstić information content (AvgIpc) is 2.82. The molecule has 1 fully saturated rings. The zero-order valence-corrected chi connectivity index (χ0v) is 20.7. The van der Waals surface area contributed by atoms with Crippen molar-refractivity contribution in [3.05, 3.63) is 54.9 Å². The normalized spacial score (nSPS) is 17.8. The summed E-state index contributed by atoms with van der Waals surface area (Å²) >= 11 is 0. The number of rotatable bonds is 6. The minimum absolute atomic E-state index is 0.0941. The molecule has 190 valence electrons. The van der Waals surface area contributed by atoms with Crippen LogP contribution in [0, 0.1) is 5.82 Å². The standard InChI is InChI=1S/C26H32FN7O2/c1-26(2,3)36-25(35)34-17-6-4-16(5-7-17)33-24-13-23(30-15-31-24)19-14-29-11-10-22(19)32-18-8-9-21(28)20(27)12-18/h8-17H,4-7,28H2,1-3H3,(H,29,32)(H,34,35)(H,30,31,33). The van der Waals surface area contributed by atoms with E-state index in [-0.39, 0.29) is 23.9 Å². The molecule has 0 unspecified atom stereocenters. The molecule has 4 rings (SSSR count). The molecule has 2 aromatic heterocycles. The Labute approximate surface area is 210 Å². The Morgan fingerprint density at radius 3 is 2.56 bits per heavy atom. The highest BCUT2D eigenvalue weighted by Gasteiger charge is 2.25. The van der Waals surface area contributed by atoms with Crippen LogP contribution >= 0.6 is 0 Å². The number of carbonyl (C=O) groups is 1. The Bertz CT molecular complexity index is 1210. The SMILES string of the molecule is CC(C)(C)OC(=O)NC1CCC(Nc2cc(-c3cnccc3Nc3ccc(N)c(F)c3)ncn2)CC1. The maximum Gasteiger partial charge on any atom is 0.407 e. The van der Waals surface area contributed by atoms with Crippen LogP contribution in [0.15, 0.2) is 49.1 Å². The number of benzene rings is 1. The van der Waals surface area contributed by atoms with Gasteiger partial charge in [0.2, 0.25) is 0 Å². The van der Waals surface area contributed by atoms with Crippen LogP contribution in [0.3, 0.4) is 0 Å². The molecule has 1 saturated carbocycles. The molecule has 0 saturated heterocycles. The van der Waals surface area contributed by atoms with Crippen molar-refractivity contribution in [2.24, 2.45) is 0 Å². The third-order valence-electron chi connectivity index (χ3n) is 5.84. The lowest BCUT2D eigenvalue weighted by Crippen LogP contribution is -2.42. The summed E-state index contributed by atoms with van der Waals surface area (Å²) in [5.41, 5.74) is 7.90. The van der Waals surface area contributed by atoms with Gasteiger partial charge in [-0.1, -0.05) is 0 Å². The van der Waals surface area contributed by atoms with Gasteiger partial charge in [0.1, 0.15) is 23.6 Å². The summed E-state index contributed by atoms with van der Waals surface area (Å²) in [6, 6.07) is 8.58. The van der Waals surface area contributed by atoms with Crippen LogP contribution in [-0.2, 0) is 4.74 Å². The maximum absolute atomic E-state index is 13.9. The van der Waals surface area contributed by atoms with Gasteiger partial charge in [0.25, 0.3) is 0 Å². The molecule has 3 aromatic rings. The van der Waals surface area contributed by atoms with Gasteiger partial charge >= 0.3 is 6.09 Å². The number of hydrogen-bond donors (Lipinski definition) is 4. The first-order chi connectivity index (χ1) is 17.2. The van der Waals surface area contributed by atoms with Crippen LogP contribution in [0.25, 0.3) is 11.3 Å². The van der Waals surface area contributed by atoms with Crippen LogP contribution in [0.5, 0.6) is 0 Å². The van der Waals surface area contributed by atoms with Gasteiger partial charge in [0, 0.05) is 41.8 Å². The van der Waals surface area contributed by atoms with Gasteiger partial charge in [0.05, 0.1) is 17.1 Å². The number of ether oxygens (including phenoxy) is 1. The fourth-order valence-electron chi connectivity index (χ4n) is 4.12. The first-order valence-electron chi connectivity index (χ1n) is 12.0. The summed E-state index contributed by atoms with van der Waals surface area (Å²) in [7, 11) is 0. The number of nitrogen functional groups attached to an aromatic ring is 1. The smallest absolute Gasteiger partial charge is 0.407 e. The number of nitrogens with two attached hydrogens (primary N) is 1. The van der Waals surface area contributed by atoms with Crippen LogP contribution in [0.2, 0.25) is 0 Å². The molecule has 1 aliphatic rings. The highest BCUT2D eigenvalue weighted by molar-refractivity contribution is 5.79. The number of nitrogens with one attached hydrogen (secondary N) is 3. The largest absolute Gasteiger partial charge is 0.444 e. The number of hydrogen-bond acceptors (Lipinski definition) is 8. The maximum atomic E-state index is 13.9. The summed E-state index contributed by atoms with van der Waals surface area (Å²) in [5.74, 6) is 0.219. The molecule has 0 aliphatic heterocycles. The fourth-order valence-corrected chi connectivity index (χ4v) is 4.12. The summed E-state index contributed by atoms with van der Waals surface area (Å²) in [5, 5.41) is 9.66. The van der Waals surface area contributed by atoms with Crippen LogP contribution in [0.4, 0.5) is 32.1 Å². The molecular formula is C26H32FN7O2. The van der Waals surface area contributed by atoms with E-state index in [0.29, 0.717) is 17.2 Å². The lowest BCUT2D eigenvalue weighted by molar-refractivity contribution is 0.0492. The van der Waals surface area contributed by atoms with Gasteiger partial charge in [-0.15, -0.1) is 0 Å². The molecule has 0 bridgehead atoms. The van der Waals surface area contributed by atoms with E-state index in [1.54, 1.807) is 24.5 Å². The molecule has 2 heterocycles. The number of pyridine rings is 1. The van der Waals surface area contributed by atoms with Crippen molar-refractivity contribution in [1.29, 1.82) is 0 Å². The molecule has 10 heteroatoms. The van der Waals surface area contributed by atoms with Crippen LogP contribution in [0.1, 0.15) is 46.5 Å². The Morgan fingerprint density at radius 1 is 1.08 bits per heavy atom. The number of alkyl carbamates (subject to hydrolysis) is 1. The third kappa shape index (κ3) is 6.80. The summed E-state index contributed by atoms with van der Waals surface area (Å²) in [4.78, 5) is 25.1. The van der Waals surface area contributed by atoms with Crippen molar-refractivity contribution < 1.29 is 13.9 Å². The predicted molar refractivity (Wildman–Crippen MR) is 138 cm³/mol. The zero-order valence-electron chi connectivity index (χ0n) is 20.7. The van der Waals surface area contributed by atoms with Gasteiger partial charge in [-0.3, -0.25) is 4.98 Å². The minimum Gasteiger partial charge on any atom is -0.444 e. The van der Waals surface area contributed by atoms with E-state index in [2.05, 4.69) is 30.9 Å². The van der Waals surface area contributed by atoms with Crippen LogP contribution in [-0.4, -0.2) is 38.7 Å². The Morgan fingerprint density at radius 2 is 1.83 bits per heavy atom. The second-order valence-corrected chi connectivity index (χ2v) is 9.91. The molecule has 0 spiro atoms. The first kappa shape index (κ1) is 25.2. The quantitative estimate of drug-likeness (QED) is 0.343. The van der Waals surface area contributed by atoms with E-state index < -0.39 is 11.4 Å². The average molecular weight is 494 g/mol. The van der Waals surface area contributed by atoms with Gasteiger partial charge < -0.3 is 26.4 Å². The molecule has 36 heavy (non-hydrogen) atoms. The van der Waals surface area contributed by atoms with Gasteiger partial charge in [-0.2, -0.15) is 0 Å². The predicted octanol–water partition coefficient (Wildman–Crippen LogP) is 5.25. The first-order valence-corrected chi connectivity index (χ1v) is 12.0. The molecule has 1 amide bonds. The lowest BCUT2D eigenvalue weighted by Gasteiger charge is -2.30. The lowest BCUT2D eigenvalue weighted by atomic mass is 9.91. The van der Waals surface area contributed by atoms with Crippen molar-refractivity contribution in [3.8, 4) is 11.3 Å². The van der Waals surface area contributed by atoms with E-state index in [0.717, 1.165) is 36.9 Å². The Hall–Kier alpha value is -3.95. The van der Waals surface area contributed by atoms with Crippen LogP contribution < -0.4 is 21.7 Å². The van der Waals surface area contributed by atoms with Gasteiger partial charge in [-0.05, 0) is 70.7 Å². The summed E-state index contributed by atoms with van der Waals surface area (Å²) in [6.07, 6.45) is 7.98. The van der Waals surface area contributed by atoms with E-state index >= 15 is 0 Å². The van der Waals surface area contributed by atoms with Crippen molar-refractivity contribution in [3.63, 3.8) is 0 Å². The molecule has 1 aromatic carbocycles. The van der Waals surface area contributed by atoms with E-state index in [4.69, 9.17) is 10.5 Å². The molecule has 0 atom stereocenters. The van der Waals surface area contributed by atoms with Crippen molar-refractivity contribution in [2.75, 3.05) is 16.4 Å². The number of carbonyl (C=O) groups excluding carboxylic acids is 1. The number of aromatic nitrogens is 3. The molecule has 0 radical (unpaired) electrons. The highest BCUT2D eigenvalue weighted by atomic mass is 19.1. The van der Waals surface area contributed by atoms with Gasteiger partial charge in [-0.25, -0.2) is 19.2 Å². The molecular weight excluding hydrogens is 461 g/mol. The number of anilines is 4. The topological polar surface area (TPSA) is 127 Å². The summed E-state index contributed by atoms with van der Waals surface area (Å²) in [6.45, 7) is 5.56. The Balaban J connectivity index is 1.39. The minimum atomic E-state index is -0.511. The molecule has 1 aliphatic carbocycles. The number of halogens is 1. The van der Waals surface area contributed by atoms with Crippen molar-refractivity contribution in [1.82, 2.24) is 20.3 Å². The Kier molecular flexibility index (Phi) is 7.52. The zero-order chi connectivity index (χ0) is 25.7. The molecule has 9 nitrogen and oxygen atoms in total. The summed E-state index contributed by atoms with van der Waals surface area (Å²) < 4.78 is 19.3. The highest BCUT2D eigenvalue weighted by Crippen LogP contribution is 2.30. The number of nitrogens with zero attached hydrogens (tertiary/aromatic N) is 3. The van der Waals surface area contributed by atoms with E-state index in [9.17, 15) is 9.18 Å². The monoisotopic (exact) mass is 493 g/mol. The second-order valence-electron chi connectivity index (χ2n) is 9.91. The van der Waals surface area contributed by atoms with Crippen molar-refractivity contribution in [2.45, 2.75) is 64.1 Å². The van der Waals surface area contributed by atoms with E-state index in [1.165, 1.54) is 18.5 Å². The second kappa shape index (κ2) is 10.8. The van der Waals surface area contributed by atoms with E-state index in [1.807, 2.05) is 26.8 Å². The number of amides is 1. The third-order valence-corrected chi connectivity index (χ3v) is 5.84.